The van der Waals surface area contributed by atoms with Crippen molar-refractivity contribution in [2.45, 2.75) is 38.9 Å². The van der Waals surface area contributed by atoms with Crippen LogP contribution in [0.4, 0.5) is 5.69 Å². The third-order valence-electron chi connectivity index (χ3n) is 4.21. The Morgan fingerprint density at radius 2 is 1.81 bits per heavy atom. The van der Waals surface area contributed by atoms with Crippen molar-refractivity contribution in [3.8, 4) is 0 Å². The first kappa shape index (κ1) is 15.9. The molecule has 0 aliphatic carbocycles. The Balaban J connectivity index is 2.21. The highest BCUT2D eigenvalue weighted by Gasteiger charge is 2.51. The van der Waals surface area contributed by atoms with E-state index in [1.807, 2.05) is 52.0 Å². The molecular weight excluding hydrogens is 269 g/mol. The predicted molar refractivity (Wildman–Crippen MR) is 83.1 cm³/mol. The molecule has 114 valence electrons. The molecule has 0 unspecified atom stereocenters. The summed E-state index contributed by atoms with van der Waals surface area (Å²) >= 11 is 0. The van der Waals surface area contributed by atoms with Gasteiger partial charge in [-0.3, -0.25) is 4.79 Å². The van der Waals surface area contributed by atoms with Gasteiger partial charge < -0.3 is 19.3 Å². The minimum absolute atomic E-state index is 0.0488. The molecule has 1 aliphatic heterocycles. The van der Waals surface area contributed by atoms with Gasteiger partial charge in [-0.05, 0) is 45.3 Å². The van der Waals surface area contributed by atoms with Crippen LogP contribution >= 0.6 is 0 Å². The number of hydrogen-bond acceptors (Lipinski definition) is 4. The van der Waals surface area contributed by atoms with Crippen LogP contribution in [0.5, 0.6) is 0 Å². The molecule has 0 aromatic heterocycles. The highest BCUT2D eigenvalue weighted by molar-refractivity contribution is 6.62. The van der Waals surface area contributed by atoms with Crippen LogP contribution in [0.3, 0.4) is 0 Å². The molecule has 0 bridgehead atoms. The molecule has 1 aliphatic rings. The van der Waals surface area contributed by atoms with Crippen molar-refractivity contribution in [3.63, 3.8) is 0 Å². The van der Waals surface area contributed by atoms with Gasteiger partial charge in [0.15, 0.2) is 0 Å². The summed E-state index contributed by atoms with van der Waals surface area (Å²) in [6.45, 7) is 7.98. The maximum Gasteiger partial charge on any atom is 0.494 e. The normalized spacial score (nSPS) is 19.6. The van der Waals surface area contributed by atoms with E-state index >= 15 is 0 Å². The zero-order valence-corrected chi connectivity index (χ0v) is 13.2. The van der Waals surface area contributed by atoms with E-state index in [-0.39, 0.29) is 17.7 Å². The Bertz CT molecular complexity index is 528. The van der Waals surface area contributed by atoms with Gasteiger partial charge in [0, 0.05) is 12.7 Å². The number of anilines is 1. The molecule has 2 rings (SSSR count). The molecule has 1 aromatic rings. The SMILES string of the molecule is CN(CC(=O)O)c1cccc(B2OC(C)(C)C(C)(C)O2)c1. The Kier molecular flexibility index (Phi) is 4.04. The molecule has 21 heavy (non-hydrogen) atoms. The summed E-state index contributed by atoms with van der Waals surface area (Å²) in [6.07, 6.45) is 0. The molecule has 1 heterocycles. The van der Waals surface area contributed by atoms with Crippen LogP contribution in [-0.4, -0.2) is 43.0 Å². The van der Waals surface area contributed by atoms with E-state index in [1.54, 1.807) is 11.9 Å². The van der Waals surface area contributed by atoms with E-state index in [2.05, 4.69) is 0 Å². The summed E-state index contributed by atoms with van der Waals surface area (Å²) in [4.78, 5) is 12.5. The zero-order chi connectivity index (χ0) is 15.8. The summed E-state index contributed by atoms with van der Waals surface area (Å²) in [5, 5.41) is 8.87. The zero-order valence-electron chi connectivity index (χ0n) is 13.2. The minimum Gasteiger partial charge on any atom is -0.480 e. The maximum atomic E-state index is 10.8. The molecule has 0 radical (unpaired) electrons. The van der Waals surface area contributed by atoms with Crippen LogP contribution in [0.25, 0.3) is 0 Å². The molecule has 0 spiro atoms. The number of carboxylic acids is 1. The number of carboxylic acid groups (broad SMARTS) is 1. The summed E-state index contributed by atoms with van der Waals surface area (Å²) in [5.41, 5.74) is 0.939. The van der Waals surface area contributed by atoms with E-state index in [4.69, 9.17) is 14.4 Å². The highest BCUT2D eigenvalue weighted by atomic mass is 16.7. The first-order valence-corrected chi connectivity index (χ1v) is 7.01. The minimum atomic E-state index is -0.862. The van der Waals surface area contributed by atoms with Gasteiger partial charge in [-0.15, -0.1) is 0 Å². The van der Waals surface area contributed by atoms with Crippen molar-refractivity contribution < 1.29 is 19.2 Å². The van der Waals surface area contributed by atoms with Crippen molar-refractivity contribution in [1.82, 2.24) is 0 Å². The highest BCUT2D eigenvalue weighted by Crippen LogP contribution is 2.36. The number of hydrogen-bond donors (Lipinski definition) is 1. The lowest BCUT2D eigenvalue weighted by molar-refractivity contribution is -0.135. The van der Waals surface area contributed by atoms with Gasteiger partial charge in [-0.25, -0.2) is 0 Å². The second-order valence-corrected chi connectivity index (χ2v) is 6.43. The largest absolute Gasteiger partial charge is 0.494 e. The van der Waals surface area contributed by atoms with Crippen LogP contribution in [0, 0.1) is 0 Å². The summed E-state index contributed by atoms with van der Waals surface area (Å²) < 4.78 is 12.0. The monoisotopic (exact) mass is 291 g/mol. The number of benzene rings is 1. The van der Waals surface area contributed by atoms with Gasteiger partial charge in [0.05, 0.1) is 11.2 Å². The van der Waals surface area contributed by atoms with E-state index < -0.39 is 13.1 Å². The fraction of sp³-hybridized carbons (Fsp3) is 0.533. The standard InChI is InChI=1S/C15H22BNO4/c1-14(2)15(3,4)21-16(20-14)11-7-6-8-12(9-11)17(5)10-13(18)19/h6-9H,10H2,1-5H3,(H,18,19). The third kappa shape index (κ3) is 3.22. The number of nitrogens with zero attached hydrogens (tertiary/aromatic N) is 1. The molecule has 6 heteroatoms. The topological polar surface area (TPSA) is 59.0 Å². The first-order chi connectivity index (χ1) is 9.62. The summed E-state index contributed by atoms with van der Waals surface area (Å²) in [5.74, 6) is -0.862. The van der Waals surface area contributed by atoms with Gasteiger partial charge in [0.2, 0.25) is 0 Å². The summed E-state index contributed by atoms with van der Waals surface area (Å²) in [6, 6.07) is 7.59. The molecular formula is C15H22BNO4. The molecule has 0 saturated carbocycles. The molecule has 5 nitrogen and oxygen atoms in total. The molecule has 1 N–H and O–H groups in total. The smallest absolute Gasteiger partial charge is 0.480 e. The lowest BCUT2D eigenvalue weighted by Crippen LogP contribution is -2.41. The second-order valence-electron chi connectivity index (χ2n) is 6.43. The lowest BCUT2D eigenvalue weighted by Gasteiger charge is -2.32. The third-order valence-corrected chi connectivity index (χ3v) is 4.21. The van der Waals surface area contributed by atoms with Crippen LogP contribution in [0.2, 0.25) is 0 Å². The number of aliphatic carboxylic acids is 1. The molecule has 1 aromatic carbocycles. The molecule has 0 atom stereocenters. The number of rotatable bonds is 4. The lowest BCUT2D eigenvalue weighted by atomic mass is 9.79. The molecule has 1 saturated heterocycles. The maximum absolute atomic E-state index is 10.8. The Labute approximate surface area is 126 Å². The predicted octanol–water partition coefficient (Wildman–Crippen LogP) is 1.51. The van der Waals surface area contributed by atoms with Gasteiger partial charge in [0.1, 0.15) is 6.54 Å². The average molecular weight is 291 g/mol. The number of carbonyl (C=O) groups is 1. The quantitative estimate of drug-likeness (QED) is 0.852. The fourth-order valence-electron chi connectivity index (χ4n) is 2.18. The van der Waals surface area contributed by atoms with E-state index in [0.717, 1.165) is 11.2 Å². The van der Waals surface area contributed by atoms with Gasteiger partial charge in [0.25, 0.3) is 0 Å². The fourth-order valence-corrected chi connectivity index (χ4v) is 2.18. The van der Waals surface area contributed by atoms with Crippen molar-refractivity contribution in [2.75, 3.05) is 18.5 Å². The number of likely N-dealkylation sites (N-methyl/N-ethyl adjacent to an activating group) is 1. The molecule has 0 amide bonds. The van der Waals surface area contributed by atoms with Crippen LogP contribution in [0.15, 0.2) is 24.3 Å². The second kappa shape index (κ2) is 5.35. The van der Waals surface area contributed by atoms with Crippen LogP contribution in [0.1, 0.15) is 27.7 Å². The van der Waals surface area contributed by atoms with Gasteiger partial charge >= 0.3 is 13.1 Å². The average Bonchev–Trinajstić information content (AvgIpc) is 2.58. The van der Waals surface area contributed by atoms with Gasteiger partial charge in [-0.2, -0.15) is 0 Å². The Morgan fingerprint density at radius 1 is 1.24 bits per heavy atom. The van der Waals surface area contributed by atoms with E-state index in [1.165, 1.54) is 0 Å². The van der Waals surface area contributed by atoms with Crippen molar-refractivity contribution in [2.24, 2.45) is 0 Å². The van der Waals surface area contributed by atoms with Crippen LogP contribution in [-0.2, 0) is 14.1 Å². The van der Waals surface area contributed by atoms with Crippen molar-refractivity contribution >= 4 is 24.2 Å². The van der Waals surface area contributed by atoms with E-state index in [0.29, 0.717) is 0 Å². The summed E-state index contributed by atoms with van der Waals surface area (Å²) in [7, 11) is 1.31. The van der Waals surface area contributed by atoms with Crippen molar-refractivity contribution in [1.29, 1.82) is 0 Å². The Hall–Kier alpha value is -1.53. The van der Waals surface area contributed by atoms with Crippen molar-refractivity contribution in [3.05, 3.63) is 24.3 Å². The van der Waals surface area contributed by atoms with Gasteiger partial charge in [-0.1, -0.05) is 12.1 Å². The Morgan fingerprint density at radius 3 is 2.33 bits per heavy atom. The first-order valence-electron chi connectivity index (χ1n) is 7.01. The molecule has 1 fully saturated rings. The van der Waals surface area contributed by atoms with Crippen LogP contribution < -0.4 is 10.4 Å². The van der Waals surface area contributed by atoms with E-state index in [9.17, 15) is 4.79 Å².